The number of benzene rings is 3. The van der Waals surface area contributed by atoms with Crippen molar-refractivity contribution in [3.05, 3.63) is 98.5 Å². The van der Waals surface area contributed by atoms with Crippen molar-refractivity contribution in [1.29, 1.82) is 0 Å². The number of nitrogens with zero attached hydrogens (tertiary/aromatic N) is 1. The molecule has 0 bridgehead atoms. The normalized spacial score (nSPS) is 12.5. The van der Waals surface area contributed by atoms with E-state index in [1.807, 2.05) is 82.3 Å². The van der Waals surface area contributed by atoms with Crippen molar-refractivity contribution in [3.63, 3.8) is 0 Å². The molecular weight excluding hydrogens is 552 g/mol. The number of ether oxygens (including phenoxy) is 1. The molecule has 0 heterocycles. The number of amides is 2. The van der Waals surface area contributed by atoms with E-state index >= 15 is 0 Å². The summed E-state index contributed by atoms with van der Waals surface area (Å²) in [6, 6.07) is 20.1. The summed E-state index contributed by atoms with van der Waals surface area (Å²) in [5.74, 6) is 0.158. The average Bonchev–Trinajstić information content (AvgIpc) is 2.89. The van der Waals surface area contributed by atoms with Crippen molar-refractivity contribution < 1.29 is 14.3 Å². The quantitative estimate of drug-likeness (QED) is 0.274. The van der Waals surface area contributed by atoms with Crippen molar-refractivity contribution in [3.8, 4) is 5.75 Å². The molecule has 0 aliphatic heterocycles. The molecule has 1 N–H and O–H groups in total. The van der Waals surface area contributed by atoms with E-state index in [4.69, 9.17) is 16.3 Å². The van der Waals surface area contributed by atoms with Crippen LogP contribution in [0.4, 0.5) is 0 Å². The fourth-order valence-corrected chi connectivity index (χ4v) is 4.35. The second-order valence-corrected chi connectivity index (χ2v) is 10.6. The predicted octanol–water partition coefficient (Wildman–Crippen LogP) is 6.65. The molecule has 0 saturated heterocycles. The molecule has 0 fully saturated rings. The molecule has 2 atom stereocenters. The van der Waals surface area contributed by atoms with Gasteiger partial charge in [0, 0.05) is 28.5 Å². The highest BCUT2D eigenvalue weighted by molar-refractivity contribution is 9.10. The summed E-state index contributed by atoms with van der Waals surface area (Å²) < 4.78 is 6.95. The highest BCUT2D eigenvalue weighted by atomic mass is 79.9. The highest BCUT2D eigenvalue weighted by Crippen LogP contribution is 2.26. The van der Waals surface area contributed by atoms with Gasteiger partial charge in [0.25, 0.3) is 5.91 Å². The Bertz CT molecular complexity index is 1180. The van der Waals surface area contributed by atoms with E-state index in [1.165, 1.54) is 0 Å². The SMILES string of the molecule is CC[C@@H](C)NC(=O)[C@@H](Cc1ccccc1)N(Cc1ccc(Cl)cc1)C(=O)COc1cc(C)c(Br)c(C)c1. The van der Waals surface area contributed by atoms with Crippen LogP contribution in [0.1, 0.15) is 42.5 Å². The van der Waals surface area contributed by atoms with Gasteiger partial charge >= 0.3 is 0 Å². The first-order valence-electron chi connectivity index (χ1n) is 12.5. The standard InChI is InChI=1S/C30H34BrClN2O3/c1-5-22(4)33-30(36)27(17-23-9-7-6-8-10-23)34(18-24-11-13-25(32)14-12-24)28(35)19-37-26-15-20(2)29(31)21(3)16-26/h6-16,22,27H,5,17-19H2,1-4H3,(H,33,36)/t22-,27-/m1/s1. The van der Waals surface area contributed by atoms with Gasteiger partial charge in [-0.1, -0.05) is 76.9 Å². The Morgan fingerprint density at radius 2 is 1.62 bits per heavy atom. The molecule has 196 valence electrons. The minimum absolute atomic E-state index is 0.0109. The Morgan fingerprint density at radius 3 is 2.22 bits per heavy atom. The highest BCUT2D eigenvalue weighted by Gasteiger charge is 2.31. The van der Waals surface area contributed by atoms with Crippen molar-refractivity contribution in [2.24, 2.45) is 0 Å². The number of nitrogens with one attached hydrogen (secondary N) is 1. The monoisotopic (exact) mass is 584 g/mol. The third-order valence-corrected chi connectivity index (χ3v) is 7.81. The van der Waals surface area contributed by atoms with Gasteiger partial charge in [-0.25, -0.2) is 0 Å². The van der Waals surface area contributed by atoms with Crippen LogP contribution in [0.5, 0.6) is 5.75 Å². The van der Waals surface area contributed by atoms with Gasteiger partial charge < -0.3 is 15.0 Å². The first kappa shape index (κ1) is 28.7. The Hall–Kier alpha value is -2.83. The maximum absolute atomic E-state index is 13.7. The van der Waals surface area contributed by atoms with Crippen molar-refractivity contribution >= 4 is 39.3 Å². The summed E-state index contributed by atoms with van der Waals surface area (Å²) in [7, 11) is 0. The Balaban J connectivity index is 1.92. The molecule has 0 aliphatic carbocycles. The molecule has 7 heteroatoms. The number of rotatable bonds is 11. The molecular formula is C30H34BrClN2O3. The average molecular weight is 586 g/mol. The Kier molecular flexibility index (Phi) is 10.6. The molecule has 37 heavy (non-hydrogen) atoms. The van der Waals surface area contributed by atoms with Crippen LogP contribution in [0.3, 0.4) is 0 Å². The summed E-state index contributed by atoms with van der Waals surface area (Å²) in [6.45, 7) is 8.01. The van der Waals surface area contributed by atoms with E-state index in [1.54, 1.807) is 17.0 Å². The van der Waals surface area contributed by atoms with E-state index in [0.29, 0.717) is 17.2 Å². The van der Waals surface area contributed by atoms with Crippen LogP contribution >= 0.6 is 27.5 Å². The Morgan fingerprint density at radius 1 is 1.00 bits per heavy atom. The van der Waals surface area contributed by atoms with Crippen LogP contribution in [0.25, 0.3) is 0 Å². The van der Waals surface area contributed by atoms with Gasteiger partial charge in [0.05, 0.1) is 0 Å². The van der Waals surface area contributed by atoms with E-state index in [2.05, 4.69) is 21.2 Å². The third-order valence-electron chi connectivity index (χ3n) is 6.31. The van der Waals surface area contributed by atoms with E-state index in [9.17, 15) is 9.59 Å². The number of carbonyl (C=O) groups is 2. The predicted molar refractivity (Wildman–Crippen MR) is 153 cm³/mol. The largest absolute Gasteiger partial charge is 0.484 e. The molecule has 3 rings (SSSR count). The first-order chi connectivity index (χ1) is 17.7. The zero-order valence-electron chi connectivity index (χ0n) is 21.8. The van der Waals surface area contributed by atoms with Crippen LogP contribution in [-0.2, 0) is 22.6 Å². The van der Waals surface area contributed by atoms with Gasteiger partial charge in [-0.15, -0.1) is 0 Å². The second kappa shape index (κ2) is 13.6. The minimum atomic E-state index is -0.712. The summed E-state index contributed by atoms with van der Waals surface area (Å²) in [6.07, 6.45) is 1.18. The second-order valence-electron chi connectivity index (χ2n) is 9.33. The maximum Gasteiger partial charge on any atom is 0.261 e. The van der Waals surface area contributed by atoms with Crippen LogP contribution in [0.2, 0.25) is 5.02 Å². The molecule has 3 aromatic rings. The molecule has 0 aromatic heterocycles. The van der Waals surface area contributed by atoms with Gasteiger partial charge in [-0.05, 0) is 73.7 Å². The number of aryl methyl sites for hydroxylation is 2. The lowest BCUT2D eigenvalue weighted by Crippen LogP contribution is -2.53. The molecule has 0 saturated carbocycles. The molecule has 3 aromatic carbocycles. The van der Waals surface area contributed by atoms with Crippen LogP contribution in [-0.4, -0.2) is 35.4 Å². The molecule has 0 radical (unpaired) electrons. The first-order valence-corrected chi connectivity index (χ1v) is 13.6. The van der Waals surface area contributed by atoms with E-state index in [-0.39, 0.29) is 31.0 Å². The van der Waals surface area contributed by atoms with Crippen LogP contribution in [0, 0.1) is 13.8 Å². The minimum Gasteiger partial charge on any atom is -0.484 e. The summed E-state index contributed by atoms with van der Waals surface area (Å²) >= 11 is 9.66. The fourth-order valence-electron chi connectivity index (χ4n) is 4.00. The number of hydrogen-bond donors (Lipinski definition) is 1. The molecule has 0 unspecified atom stereocenters. The lowest BCUT2D eigenvalue weighted by atomic mass is 10.0. The maximum atomic E-state index is 13.7. The zero-order chi connectivity index (χ0) is 26.9. The van der Waals surface area contributed by atoms with E-state index < -0.39 is 6.04 Å². The van der Waals surface area contributed by atoms with Crippen molar-refractivity contribution in [2.75, 3.05) is 6.61 Å². The summed E-state index contributed by atoms with van der Waals surface area (Å²) in [5.41, 5.74) is 3.90. The van der Waals surface area contributed by atoms with Gasteiger partial charge in [-0.2, -0.15) is 0 Å². The van der Waals surface area contributed by atoms with Crippen LogP contribution in [0.15, 0.2) is 71.2 Å². The topological polar surface area (TPSA) is 58.6 Å². The summed E-state index contributed by atoms with van der Waals surface area (Å²) in [5, 5.41) is 3.69. The smallest absolute Gasteiger partial charge is 0.261 e. The van der Waals surface area contributed by atoms with Gasteiger partial charge in [0.15, 0.2) is 6.61 Å². The molecule has 2 amide bonds. The van der Waals surface area contributed by atoms with Crippen LogP contribution < -0.4 is 10.1 Å². The van der Waals surface area contributed by atoms with Crippen molar-refractivity contribution in [1.82, 2.24) is 10.2 Å². The van der Waals surface area contributed by atoms with Gasteiger partial charge in [-0.3, -0.25) is 9.59 Å². The summed E-state index contributed by atoms with van der Waals surface area (Å²) in [4.78, 5) is 28.9. The lowest BCUT2D eigenvalue weighted by molar-refractivity contribution is -0.143. The molecule has 0 spiro atoms. The fraction of sp³-hybridized carbons (Fsp3) is 0.333. The molecule has 5 nitrogen and oxygen atoms in total. The lowest BCUT2D eigenvalue weighted by Gasteiger charge is -2.32. The zero-order valence-corrected chi connectivity index (χ0v) is 24.1. The number of hydrogen-bond acceptors (Lipinski definition) is 3. The van der Waals surface area contributed by atoms with E-state index in [0.717, 1.165) is 33.1 Å². The van der Waals surface area contributed by atoms with Gasteiger partial charge in [0.1, 0.15) is 11.8 Å². The Labute approximate surface area is 233 Å². The molecule has 0 aliphatic rings. The number of halogens is 2. The van der Waals surface area contributed by atoms with Crippen molar-refractivity contribution in [2.45, 2.75) is 59.2 Å². The van der Waals surface area contributed by atoms with Gasteiger partial charge in [0.2, 0.25) is 5.91 Å². The number of carbonyl (C=O) groups excluding carboxylic acids is 2. The third kappa shape index (κ3) is 8.34.